The third kappa shape index (κ3) is 8.22. The summed E-state index contributed by atoms with van der Waals surface area (Å²) in [6.07, 6.45) is 2.67. The molecule has 0 radical (unpaired) electrons. The lowest BCUT2D eigenvalue weighted by Gasteiger charge is -2.27. The Kier molecular flexibility index (Phi) is 9.71. The lowest BCUT2D eigenvalue weighted by molar-refractivity contribution is 0.0498. The molecule has 1 amide bonds. The van der Waals surface area contributed by atoms with Gasteiger partial charge in [-0.3, -0.25) is 4.57 Å². The number of esters is 1. The van der Waals surface area contributed by atoms with E-state index in [1.165, 1.54) is 11.7 Å². The van der Waals surface area contributed by atoms with Crippen LogP contribution in [0.1, 0.15) is 57.5 Å². The van der Waals surface area contributed by atoms with E-state index < -0.39 is 41.4 Å². The molecule has 1 unspecified atom stereocenters. The first-order valence-electron chi connectivity index (χ1n) is 15.9. The van der Waals surface area contributed by atoms with Crippen molar-refractivity contribution in [1.82, 2.24) is 14.9 Å². The zero-order valence-corrected chi connectivity index (χ0v) is 28.7. The number of hydrogen-bond donors (Lipinski definition) is 3. The number of carbonyl (C=O) groups is 3. The van der Waals surface area contributed by atoms with E-state index in [0.29, 0.717) is 23.2 Å². The van der Waals surface area contributed by atoms with Crippen molar-refractivity contribution in [2.24, 2.45) is 0 Å². The minimum Gasteiger partial charge on any atom is -0.465 e. The lowest BCUT2D eigenvalue weighted by atomic mass is 9.97. The number of nitrogens with one attached hydrogen (secondary N) is 3. The monoisotopic (exact) mass is 663 g/mol. The molecule has 2 aromatic heterocycles. The van der Waals surface area contributed by atoms with Crippen molar-refractivity contribution in [2.45, 2.75) is 71.2 Å². The number of benzene rings is 3. The van der Waals surface area contributed by atoms with Crippen molar-refractivity contribution in [2.75, 3.05) is 12.4 Å². The van der Waals surface area contributed by atoms with Gasteiger partial charge in [-0.05, 0) is 101 Å². The summed E-state index contributed by atoms with van der Waals surface area (Å²) in [7, 11) is 1.29. The highest BCUT2D eigenvalue weighted by atomic mass is 16.6. The van der Waals surface area contributed by atoms with Crippen molar-refractivity contribution >= 4 is 45.6 Å². The highest BCUT2D eigenvalue weighted by Crippen LogP contribution is 2.30. The number of ether oxygens (including phenoxy) is 3. The molecule has 2 atom stereocenters. The number of methoxy groups -OCH3 is 1. The molecule has 11 heteroatoms. The van der Waals surface area contributed by atoms with Gasteiger partial charge < -0.3 is 29.8 Å². The molecule has 0 bridgehead atoms. The molecule has 2 heterocycles. The average molecular weight is 664 g/mol. The van der Waals surface area contributed by atoms with Crippen LogP contribution in [0.2, 0.25) is 0 Å². The zero-order chi connectivity index (χ0) is 35.5. The molecule has 0 fully saturated rings. The maximum atomic E-state index is 13.1. The number of anilines is 1. The van der Waals surface area contributed by atoms with Gasteiger partial charge in [-0.25, -0.2) is 14.4 Å². The molecule has 3 N–H and O–H groups in total. The first kappa shape index (κ1) is 34.6. The van der Waals surface area contributed by atoms with Crippen LogP contribution >= 0.6 is 0 Å². The third-order valence-corrected chi connectivity index (χ3v) is 7.71. The van der Waals surface area contributed by atoms with Gasteiger partial charge in [0.15, 0.2) is 0 Å². The number of para-hydroxylation sites is 1. The molecule has 0 aliphatic heterocycles. The predicted octanol–water partition coefficient (Wildman–Crippen LogP) is 7.80. The molecule has 0 spiro atoms. The molecule has 0 saturated heterocycles. The van der Waals surface area contributed by atoms with E-state index in [4.69, 9.17) is 14.2 Å². The normalized spacial score (nSPS) is 12.9. The van der Waals surface area contributed by atoms with Crippen LogP contribution in [0.5, 0.6) is 0 Å². The fourth-order valence-corrected chi connectivity index (χ4v) is 5.56. The van der Waals surface area contributed by atoms with Gasteiger partial charge in [-0.15, -0.1) is 0 Å². The van der Waals surface area contributed by atoms with Crippen LogP contribution in [0.3, 0.4) is 0 Å². The van der Waals surface area contributed by atoms with Gasteiger partial charge >= 0.3 is 18.2 Å². The standard InChI is InChI=1S/C38H41N5O6/c1-37(2,3)48-35(45)42-31(20-26-22-40-29-11-9-8-10-27(26)29)32(21-39)41-30-14-12-24(19-28(30)34(44)47-7)23-13-15-33-25(18-23)16-17-43(33)36(46)49-38(4,5)6/h8-19,22,31-32,40-41H,20H2,1-7H3,(H,42,45)/t31-,32?/m0/s1. The maximum Gasteiger partial charge on any atom is 0.418 e. The van der Waals surface area contributed by atoms with Gasteiger partial charge in [0.2, 0.25) is 0 Å². The number of rotatable bonds is 8. The second-order valence-corrected chi connectivity index (χ2v) is 13.8. The molecular formula is C38H41N5O6. The molecule has 0 aliphatic carbocycles. The third-order valence-electron chi connectivity index (χ3n) is 7.71. The topological polar surface area (TPSA) is 147 Å². The van der Waals surface area contributed by atoms with Gasteiger partial charge in [0, 0.05) is 34.4 Å². The van der Waals surface area contributed by atoms with Gasteiger partial charge in [-0.1, -0.05) is 30.3 Å². The molecule has 0 aliphatic rings. The molecule has 49 heavy (non-hydrogen) atoms. The van der Waals surface area contributed by atoms with Crippen molar-refractivity contribution in [1.29, 1.82) is 5.26 Å². The van der Waals surface area contributed by atoms with Gasteiger partial charge in [0.05, 0.1) is 30.3 Å². The summed E-state index contributed by atoms with van der Waals surface area (Å²) < 4.78 is 17.6. The first-order chi connectivity index (χ1) is 23.2. The van der Waals surface area contributed by atoms with Crippen LogP contribution < -0.4 is 10.6 Å². The Bertz CT molecular complexity index is 2060. The summed E-state index contributed by atoms with van der Waals surface area (Å²) in [5.41, 5.74) is 3.20. The van der Waals surface area contributed by atoms with E-state index in [1.807, 2.05) is 81.6 Å². The van der Waals surface area contributed by atoms with Crippen LogP contribution in [0.25, 0.3) is 32.9 Å². The minimum absolute atomic E-state index is 0.204. The molecule has 254 valence electrons. The number of fused-ring (bicyclic) bond motifs is 2. The number of carbonyl (C=O) groups excluding carboxylic acids is 3. The summed E-state index contributed by atoms with van der Waals surface area (Å²) in [6, 6.07) is 21.0. The molecule has 5 rings (SSSR count). The van der Waals surface area contributed by atoms with Crippen molar-refractivity contribution in [3.05, 3.63) is 90.3 Å². The summed E-state index contributed by atoms with van der Waals surface area (Å²) in [5.74, 6) is -0.605. The van der Waals surface area contributed by atoms with Crippen LogP contribution in [-0.2, 0) is 20.6 Å². The van der Waals surface area contributed by atoms with E-state index in [2.05, 4.69) is 21.7 Å². The molecule has 0 saturated carbocycles. The van der Waals surface area contributed by atoms with E-state index in [0.717, 1.165) is 27.4 Å². The molecule has 5 aromatic rings. The van der Waals surface area contributed by atoms with Crippen LogP contribution in [0.15, 0.2) is 79.1 Å². The number of aromatic amines is 1. The maximum absolute atomic E-state index is 13.1. The smallest absolute Gasteiger partial charge is 0.418 e. The van der Waals surface area contributed by atoms with Gasteiger partial charge in [0.25, 0.3) is 0 Å². The van der Waals surface area contributed by atoms with Crippen molar-refractivity contribution in [3.63, 3.8) is 0 Å². The summed E-state index contributed by atoms with van der Waals surface area (Å²) in [5, 5.41) is 18.2. The van der Waals surface area contributed by atoms with Crippen LogP contribution in [0, 0.1) is 11.3 Å². The number of aromatic nitrogens is 2. The van der Waals surface area contributed by atoms with Gasteiger partial charge in [-0.2, -0.15) is 5.26 Å². The van der Waals surface area contributed by atoms with E-state index >= 15 is 0 Å². The Hall–Kier alpha value is -5.76. The Morgan fingerprint density at radius 2 is 1.61 bits per heavy atom. The van der Waals surface area contributed by atoms with E-state index in [9.17, 15) is 19.6 Å². The Labute approximate surface area is 285 Å². The number of nitriles is 1. The zero-order valence-electron chi connectivity index (χ0n) is 28.7. The Morgan fingerprint density at radius 3 is 2.31 bits per heavy atom. The number of alkyl carbamates (subject to hydrolysis) is 1. The fourth-order valence-electron chi connectivity index (χ4n) is 5.56. The fraction of sp³-hybridized carbons (Fsp3) is 0.316. The van der Waals surface area contributed by atoms with E-state index in [1.54, 1.807) is 39.1 Å². The molecule has 3 aromatic carbocycles. The molecule has 11 nitrogen and oxygen atoms in total. The number of H-pyrrole nitrogens is 1. The Balaban J connectivity index is 1.46. The number of hydrogen-bond acceptors (Lipinski definition) is 8. The van der Waals surface area contributed by atoms with Crippen LogP contribution in [0.4, 0.5) is 15.3 Å². The lowest BCUT2D eigenvalue weighted by Crippen LogP contribution is -2.49. The van der Waals surface area contributed by atoms with Crippen LogP contribution in [-0.4, -0.2) is 58.1 Å². The molecular weight excluding hydrogens is 622 g/mol. The summed E-state index contributed by atoms with van der Waals surface area (Å²) in [6.45, 7) is 10.7. The highest BCUT2D eigenvalue weighted by Gasteiger charge is 2.29. The van der Waals surface area contributed by atoms with Crippen molar-refractivity contribution < 1.29 is 28.6 Å². The predicted molar refractivity (Wildman–Crippen MR) is 189 cm³/mol. The number of amides is 1. The number of nitrogens with zero attached hydrogens (tertiary/aromatic N) is 2. The first-order valence-corrected chi connectivity index (χ1v) is 15.9. The second-order valence-electron chi connectivity index (χ2n) is 13.8. The SMILES string of the molecule is COC(=O)c1cc(-c2ccc3c(ccn3C(=O)OC(C)(C)C)c2)ccc1NC(C#N)[C@H](Cc1c[nH]c2ccccc12)NC(=O)OC(C)(C)C. The minimum atomic E-state index is -0.973. The van der Waals surface area contributed by atoms with Gasteiger partial charge in [0.1, 0.15) is 17.2 Å². The largest absolute Gasteiger partial charge is 0.465 e. The Morgan fingerprint density at radius 1 is 0.918 bits per heavy atom. The highest BCUT2D eigenvalue weighted by molar-refractivity contribution is 5.98. The van der Waals surface area contributed by atoms with Crippen molar-refractivity contribution in [3.8, 4) is 17.2 Å². The quantitative estimate of drug-likeness (QED) is 0.113. The average Bonchev–Trinajstić information content (AvgIpc) is 3.65. The van der Waals surface area contributed by atoms with E-state index in [-0.39, 0.29) is 5.56 Å². The second kappa shape index (κ2) is 13.8. The summed E-state index contributed by atoms with van der Waals surface area (Å²) in [4.78, 5) is 42.1. The summed E-state index contributed by atoms with van der Waals surface area (Å²) >= 11 is 0.